The van der Waals surface area contributed by atoms with Gasteiger partial charge in [0.2, 0.25) is 5.91 Å². The Labute approximate surface area is 131 Å². The number of hydrogen-bond donors (Lipinski definition) is 1. The molecule has 1 aliphatic heterocycles. The zero-order chi connectivity index (χ0) is 15.9. The van der Waals surface area contributed by atoms with Gasteiger partial charge < -0.3 is 19.5 Å². The van der Waals surface area contributed by atoms with Gasteiger partial charge >= 0.3 is 0 Å². The summed E-state index contributed by atoms with van der Waals surface area (Å²) in [6.07, 6.45) is 2.74. The largest absolute Gasteiger partial charge is 0.493 e. The van der Waals surface area contributed by atoms with Gasteiger partial charge in [0.1, 0.15) is 6.61 Å². The quantitative estimate of drug-likeness (QED) is 0.840. The van der Waals surface area contributed by atoms with Crippen molar-refractivity contribution < 1.29 is 19.0 Å². The second kappa shape index (κ2) is 8.03. The first kappa shape index (κ1) is 16.6. The summed E-state index contributed by atoms with van der Waals surface area (Å²) in [6.45, 7) is 5.34. The van der Waals surface area contributed by atoms with E-state index in [2.05, 4.69) is 5.32 Å². The Kier molecular flexibility index (Phi) is 6.07. The third-order valence-corrected chi connectivity index (χ3v) is 3.49. The summed E-state index contributed by atoms with van der Waals surface area (Å²) in [4.78, 5) is 11.9. The van der Waals surface area contributed by atoms with Gasteiger partial charge in [-0.3, -0.25) is 4.79 Å². The van der Waals surface area contributed by atoms with E-state index in [0.717, 1.165) is 19.4 Å². The number of rotatable bonds is 7. The highest BCUT2D eigenvalue weighted by atomic mass is 16.5. The van der Waals surface area contributed by atoms with Crippen LogP contribution in [-0.4, -0.2) is 32.3 Å². The van der Waals surface area contributed by atoms with Gasteiger partial charge in [0.05, 0.1) is 13.2 Å². The minimum Gasteiger partial charge on any atom is -0.493 e. The molecular formula is C17H25NO4. The molecule has 1 aliphatic rings. The highest BCUT2D eigenvalue weighted by Gasteiger charge is 2.17. The first-order chi connectivity index (χ1) is 10.6. The molecule has 1 N–H and O–H groups in total. The van der Waals surface area contributed by atoms with Crippen LogP contribution in [0, 0.1) is 5.92 Å². The highest BCUT2D eigenvalue weighted by molar-refractivity contribution is 5.91. The lowest BCUT2D eigenvalue weighted by Crippen LogP contribution is -2.17. The Morgan fingerprint density at radius 2 is 2.23 bits per heavy atom. The smallest absolute Gasteiger partial charge is 0.224 e. The van der Waals surface area contributed by atoms with Crippen LogP contribution in [0.15, 0.2) is 18.2 Å². The number of amides is 1. The van der Waals surface area contributed by atoms with Gasteiger partial charge in [-0.1, -0.05) is 13.8 Å². The van der Waals surface area contributed by atoms with Crippen LogP contribution in [-0.2, 0) is 9.53 Å². The molecule has 0 bridgehead atoms. The van der Waals surface area contributed by atoms with Gasteiger partial charge in [-0.15, -0.1) is 0 Å². The first-order valence-corrected chi connectivity index (χ1v) is 7.80. The number of hydrogen-bond acceptors (Lipinski definition) is 4. The summed E-state index contributed by atoms with van der Waals surface area (Å²) >= 11 is 0. The fraction of sp³-hybridized carbons (Fsp3) is 0.588. The standard InChI is InChI=1S/C17H25NO4/c1-12(2)9-17(19)18-13-6-7-15(20-3)16(10-13)22-11-14-5-4-8-21-14/h6-7,10,12,14H,4-5,8-9,11H2,1-3H3,(H,18,19). The zero-order valence-electron chi connectivity index (χ0n) is 13.6. The summed E-state index contributed by atoms with van der Waals surface area (Å²) in [6, 6.07) is 5.41. The van der Waals surface area contributed by atoms with Gasteiger partial charge in [0.15, 0.2) is 11.5 Å². The summed E-state index contributed by atoms with van der Waals surface area (Å²) in [5.74, 6) is 1.61. The molecule has 1 unspecified atom stereocenters. The van der Waals surface area contributed by atoms with Gasteiger partial charge in [0, 0.05) is 24.8 Å². The van der Waals surface area contributed by atoms with Crippen LogP contribution in [0.2, 0.25) is 0 Å². The predicted molar refractivity (Wildman–Crippen MR) is 85.5 cm³/mol. The van der Waals surface area contributed by atoms with Crippen molar-refractivity contribution in [3.05, 3.63) is 18.2 Å². The fourth-order valence-corrected chi connectivity index (χ4v) is 2.41. The molecule has 1 atom stereocenters. The molecule has 1 aromatic carbocycles. The molecule has 5 nitrogen and oxygen atoms in total. The molecule has 0 saturated carbocycles. The number of carbonyl (C=O) groups excluding carboxylic acids is 1. The average molecular weight is 307 g/mol. The van der Waals surface area contributed by atoms with E-state index in [1.807, 2.05) is 19.9 Å². The lowest BCUT2D eigenvalue weighted by Gasteiger charge is -2.15. The van der Waals surface area contributed by atoms with E-state index in [4.69, 9.17) is 14.2 Å². The van der Waals surface area contributed by atoms with E-state index in [-0.39, 0.29) is 12.0 Å². The van der Waals surface area contributed by atoms with Gasteiger partial charge in [0.25, 0.3) is 0 Å². The van der Waals surface area contributed by atoms with Crippen molar-refractivity contribution in [1.82, 2.24) is 0 Å². The molecule has 2 rings (SSSR count). The highest BCUT2D eigenvalue weighted by Crippen LogP contribution is 2.31. The lowest BCUT2D eigenvalue weighted by molar-refractivity contribution is -0.116. The predicted octanol–water partition coefficient (Wildman–Crippen LogP) is 3.24. The molecule has 122 valence electrons. The van der Waals surface area contributed by atoms with Crippen molar-refractivity contribution >= 4 is 11.6 Å². The van der Waals surface area contributed by atoms with E-state index in [1.54, 1.807) is 19.2 Å². The van der Waals surface area contributed by atoms with E-state index in [1.165, 1.54) is 0 Å². The topological polar surface area (TPSA) is 56.8 Å². The molecule has 22 heavy (non-hydrogen) atoms. The Hall–Kier alpha value is -1.75. The van der Waals surface area contributed by atoms with Crippen LogP contribution < -0.4 is 14.8 Å². The second-order valence-corrected chi connectivity index (χ2v) is 5.96. The van der Waals surface area contributed by atoms with Crippen molar-refractivity contribution in [1.29, 1.82) is 0 Å². The average Bonchev–Trinajstić information content (AvgIpc) is 2.97. The van der Waals surface area contributed by atoms with Crippen LogP contribution in [0.25, 0.3) is 0 Å². The third-order valence-electron chi connectivity index (χ3n) is 3.49. The minimum atomic E-state index is 0.00485. The SMILES string of the molecule is COc1ccc(NC(=O)CC(C)C)cc1OCC1CCCO1. The van der Waals surface area contributed by atoms with E-state index in [0.29, 0.717) is 36.1 Å². The number of methoxy groups -OCH3 is 1. The van der Waals surface area contributed by atoms with Crippen molar-refractivity contribution in [3.8, 4) is 11.5 Å². The molecule has 1 fully saturated rings. The number of ether oxygens (including phenoxy) is 3. The Morgan fingerprint density at radius 1 is 1.41 bits per heavy atom. The summed E-state index contributed by atoms with van der Waals surface area (Å²) in [5, 5.41) is 2.89. The molecule has 1 aromatic rings. The monoisotopic (exact) mass is 307 g/mol. The van der Waals surface area contributed by atoms with Gasteiger partial charge in [-0.2, -0.15) is 0 Å². The van der Waals surface area contributed by atoms with Crippen molar-refractivity contribution in [2.45, 2.75) is 39.2 Å². The maximum absolute atomic E-state index is 11.9. The number of benzene rings is 1. The van der Waals surface area contributed by atoms with Gasteiger partial charge in [-0.05, 0) is 30.9 Å². The minimum absolute atomic E-state index is 0.00485. The second-order valence-electron chi connectivity index (χ2n) is 5.96. The Balaban J connectivity index is 1.99. The van der Waals surface area contributed by atoms with Gasteiger partial charge in [-0.25, -0.2) is 0 Å². The molecule has 5 heteroatoms. The van der Waals surface area contributed by atoms with E-state index < -0.39 is 0 Å². The third kappa shape index (κ3) is 4.91. The zero-order valence-corrected chi connectivity index (χ0v) is 13.6. The molecule has 0 aromatic heterocycles. The Bertz CT molecular complexity index is 495. The summed E-state index contributed by atoms with van der Waals surface area (Å²) < 4.78 is 16.7. The number of anilines is 1. The van der Waals surface area contributed by atoms with Crippen LogP contribution >= 0.6 is 0 Å². The molecule has 1 amide bonds. The molecule has 1 heterocycles. The first-order valence-electron chi connectivity index (χ1n) is 7.80. The van der Waals surface area contributed by atoms with Crippen LogP contribution in [0.3, 0.4) is 0 Å². The molecule has 1 saturated heterocycles. The van der Waals surface area contributed by atoms with Crippen molar-refractivity contribution in [2.24, 2.45) is 5.92 Å². The van der Waals surface area contributed by atoms with E-state index in [9.17, 15) is 4.79 Å². The lowest BCUT2D eigenvalue weighted by atomic mass is 10.1. The van der Waals surface area contributed by atoms with Crippen LogP contribution in [0.4, 0.5) is 5.69 Å². The molecular weight excluding hydrogens is 282 g/mol. The molecule has 0 aliphatic carbocycles. The summed E-state index contributed by atoms with van der Waals surface area (Å²) in [7, 11) is 1.60. The van der Waals surface area contributed by atoms with Crippen molar-refractivity contribution in [2.75, 3.05) is 25.6 Å². The molecule has 0 spiro atoms. The summed E-state index contributed by atoms with van der Waals surface area (Å²) in [5.41, 5.74) is 0.716. The molecule has 0 radical (unpaired) electrons. The maximum atomic E-state index is 11.9. The van der Waals surface area contributed by atoms with Crippen LogP contribution in [0.5, 0.6) is 11.5 Å². The van der Waals surface area contributed by atoms with Crippen LogP contribution in [0.1, 0.15) is 33.1 Å². The Morgan fingerprint density at radius 3 is 2.86 bits per heavy atom. The number of nitrogens with one attached hydrogen (secondary N) is 1. The van der Waals surface area contributed by atoms with Crippen molar-refractivity contribution in [3.63, 3.8) is 0 Å². The maximum Gasteiger partial charge on any atom is 0.224 e. The van der Waals surface area contributed by atoms with E-state index >= 15 is 0 Å². The normalized spacial score (nSPS) is 17.5. The fourth-order valence-electron chi connectivity index (χ4n) is 2.41. The number of carbonyl (C=O) groups is 1.